The number of aromatic nitrogens is 1. The Bertz CT molecular complexity index is 715. The second-order valence-corrected chi connectivity index (χ2v) is 6.22. The number of nitrogens with one attached hydrogen (secondary N) is 2. The normalized spacial score (nSPS) is 10.9. The van der Waals surface area contributed by atoms with Gasteiger partial charge in [0.15, 0.2) is 5.96 Å². The van der Waals surface area contributed by atoms with Crippen LogP contribution in [0.5, 0.6) is 0 Å². The highest BCUT2D eigenvalue weighted by atomic mass is 127. The predicted molar refractivity (Wildman–Crippen MR) is 124 cm³/mol. The molecule has 6 heteroatoms. The van der Waals surface area contributed by atoms with Gasteiger partial charge in [-0.15, -0.1) is 24.0 Å². The van der Waals surface area contributed by atoms with E-state index in [1.165, 1.54) is 5.56 Å². The number of nitrogens with zero attached hydrogens (tertiary/aromatic N) is 2. The number of aliphatic imine (C=N–C) groups is 1. The van der Waals surface area contributed by atoms with Crippen molar-refractivity contribution in [1.29, 1.82) is 0 Å². The molecule has 1 aromatic heterocycles. The molecular weight excluding hydrogens is 451 g/mol. The van der Waals surface area contributed by atoms with Crippen LogP contribution in [-0.2, 0) is 13.0 Å². The van der Waals surface area contributed by atoms with Crippen molar-refractivity contribution < 1.29 is 0 Å². The van der Waals surface area contributed by atoms with E-state index in [0.717, 1.165) is 57.8 Å². The van der Waals surface area contributed by atoms with E-state index in [0.29, 0.717) is 0 Å². The minimum atomic E-state index is 0. The number of aryl methyl sites for hydroxylation is 2. The molecule has 0 radical (unpaired) electrons. The van der Waals surface area contributed by atoms with Crippen LogP contribution in [0.1, 0.15) is 31.7 Å². The van der Waals surface area contributed by atoms with Gasteiger partial charge >= 0.3 is 0 Å². The van der Waals surface area contributed by atoms with Gasteiger partial charge in [0.25, 0.3) is 0 Å². The lowest BCUT2D eigenvalue weighted by atomic mass is 10.1. The third kappa shape index (κ3) is 9.60. The lowest BCUT2D eigenvalue weighted by molar-refractivity contribution is 0.585. The van der Waals surface area contributed by atoms with Gasteiger partial charge in [-0.05, 0) is 44.2 Å². The Hall–Kier alpha value is -1.83. The Morgan fingerprint density at radius 2 is 1.78 bits per heavy atom. The Morgan fingerprint density at radius 1 is 1.00 bits per heavy atom. The van der Waals surface area contributed by atoms with Gasteiger partial charge in [0.05, 0.1) is 0 Å². The van der Waals surface area contributed by atoms with Crippen LogP contribution < -0.4 is 16.2 Å². The van der Waals surface area contributed by atoms with E-state index in [1.54, 1.807) is 16.7 Å². The summed E-state index contributed by atoms with van der Waals surface area (Å²) in [6.45, 7) is 5.34. The molecule has 2 rings (SSSR count). The topological polar surface area (TPSA) is 58.4 Å². The molecule has 1 aromatic carbocycles. The van der Waals surface area contributed by atoms with E-state index in [1.807, 2.05) is 18.3 Å². The average Bonchev–Trinajstić information content (AvgIpc) is 2.67. The minimum Gasteiger partial charge on any atom is -0.357 e. The Morgan fingerprint density at radius 3 is 2.52 bits per heavy atom. The maximum atomic E-state index is 11.6. The summed E-state index contributed by atoms with van der Waals surface area (Å²) in [5.74, 6) is 0.873. The Labute approximate surface area is 179 Å². The van der Waals surface area contributed by atoms with Crippen molar-refractivity contribution in [2.24, 2.45) is 4.99 Å². The highest BCUT2D eigenvalue weighted by Gasteiger charge is 1.98. The lowest BCUT2D eigenvalue weighted by Crippen LogP contribution is -2.38. The van der Waals surface area contributed by atoms with Crippen molar-refractivity contribution in [2.75, 3.05) is 19.6 Å². The Balaban J connectivity index is 0.00000364. The molecule has 27 heavy (non-hydrogen) atoms. The first-order chi connectivity index (χ1) is 12.8. The molecular formula is C21H31IN4O. The molecule has 0 spiro atoms. The van der Waals surface area contributed by atoms with Crippen LogP contribution in [0.3, 0.4) is 0 Å². The number of pyridine rings is 1. The zero-order valence-electron chi connectivity index (χ0n) is 16.1. The summed E-state index contributed by atoms with van der Waals surface area (Å²) >= 11 is 0. The first-order valence-electron chi connectivity index (χ1n) is 9.51. The molecule has 2 N–H and O–H groups in total. The third-order valence-corrected chi connectivity index (χ3v) is 4.10. The quantitative estimate of drug-likeness (QED) is 0.236. The van der Waals surface area contributed by atoms with Crippen LogP contribution in [0, 0.1) is 0 Å². The van der Waals surface area contributed by atoms with Crippen molar-refractivity contribution >= 4 is 29.9 Å². The van der Waals surface area contributed by atoms with Crippen molar-refractivity contribution in [3.05, 3.63) is 70.6 Å². The van der Waals surface area contributed by atoms with Gasteiger partial charge in [-0.2, -0.15) is 0 Å². The van der Waals surface area contributed by atoms with Crippen LogP contribution in [0.4, 0.5) is 0 Å². The average molecular weight is 482 g/mol. The van der Waals surface area contributed by atoms with Crippen molar-refractivity contribution in [1.82, 2.24) is 15.2 Å². The SMILES string of the molecule is CCNC(=NCCCc1ccccc1)NCCCCn1ccccc1=O.I. The summed E-state index contributed by atoms with van der Waals surface area (Å²) in [7, 11) is 0. The third-order valence-electron chi connectivity index (χ3n) is 4.10. The van der Waals surface area contributed by atoms with Crippen molar-refractivity contribution in [2.45, 2.75) is 39.2 Å². The lowest BCUT2D eigenvalue weighted by Gasteiger charge is -2.11. The molecule has 1 heterocycles. The van der Waals surface area contributed by atoms with E-state index in [9.17, 15) is 4.79 Å². The highest BCUT2D eigenvalue weighted by Crippen LogP contribution is 2.02. The minimum absolute atomic E-state index is 0. The predicted octanol–water partition coefficient (Wildman–Crippen LogP) is 3.43. The van der Waals surface area contributed by atoms with Crippen LogP contribution in [0.2, 0.25) is 0 Å². The molecule has 5 nitrogen and oxygen atoms in total. The van der Waals surface area contributed by atoms with E-state index in [-0.39, 0.29) is 29.5 Å². The number of rotatable bonds is 10. The smallest absolute Gasteiger partial charge is 0.250 e. The van der Waals surface area contributed by atoms with Gasteiger partial charge in [0, 0.05) is 38.4 Å². The fourth-order valence-electron chi connectivity index (χ4n) is 2.72. The summed E-state index contributed by atoms with van der Waals surface area (Å²) in [6.07, 6.45) is 5.89. The van der Waals surface area contributed by atoms with Gasteiger partial charge in [0.1, 0.15) is 0 Å². The number of hydrogen-bond acceptors (Lipinski definition) is 2. The van der Waals surface area contributed by atoms with Gasteiger partial charge in [0.2, 0.25) is 5.56 Å². The van der Waals surface area contributed by atoms with Gasteiger partial charge < -0.3 is 15.2 Å². The number of hydrogen-bond donors (Lipinski definition) is 2. The van der Waals surface area contributed by atoms with E-state index in [2.05, 4.69) is 46.8 Å². The summed E-state index contributed by atoms with van der Waals surface area (Å²) in [6, 6.07) is 15.8. The summed E-state index contributed by atoms with van der Waals surface area (Å²) < 4.78 is 1.75. The van der Waals surface area contributed by atoms with Crippen LogP contribution in [0.15, 0.2) is 64.5 Å². The van der Waals surface area contributed by atoms with Gasteiger partial charge in [-0.1, -0.05) is 36.4 Å². The number of unbranched alkanes of at least 4 members (excludes halogenated alkanes) is 1. The molecule has 2 aromatic rings. The molecule has 0 unspecified atom stereocenters. The maximum Gasteiger partial charge on any atom is 0.250 e. The zero-order valence-corrected chi connectivity index (χ0v) is 18.4. The molecule has 0 saturated carbocycles. The first-order valence-corrected chi connectivity index (χ1v) is 9.51. The van der Waals surface area contributed by atoms with Crippen LogP contribution in [-0.4, -0.2) is 30.2 Å². The molecule has 148 valence electrons. The fourth-order valence-corrected chi connectivity index (χ4v) is 2.72. The standard InChI is InChI=1S/C21H30N4O.HI/c1-2-22-21(24-16-10-13-19-11-4-3-5-12-19)23-15-7-9-18-25-17-8-6-14-20(25)26;/h3-6,8,11-12,14,17H,2,7,9-10,13,15-16,18H2,1H3,(H2,22,23,24);1H. The fraction of sp³-hybridized carbons (Fsp3) is 0.429. The highest BCUT2D eigenvalue weighted by molar-refractivity contribution is 14.0. The van der Waals surface area contributed by atoms with Crippen molar-refractivity contribution in [3.8, 4) is 0 Å². The molecule has 0 bridgehead atoms. The second kappa shape index (κ2) is 14.3. The second-order valence-electron chi connectivity index (χ2n) is 6.22. The summed E-state index contributed by atoms with van der Waals surface area (Å²) in [5, 5.41) is 6.65. The maximum absolute atomic E-state index is 11.6. The first kappa shape index (κ1) is 23.2. The zero-order chi connectivity index (χ0) is 18.5. The molecule has 0 amide bonds. The van der Waals surface area contributed by atoms with Crippen molar-refractivity contribution in [3.63, 3.8) is 0 Å². The number of benzene rings is 1. The monoisotopic (exact) mass is 482 g/mol. The van der Waals surface area contributed by atoms with E-state index >= 15 is 0 Å². The van der Waals surface area contributed by atoms with Gasteiger partial charge in [-0.25, -0.2) is 0 Å². The number of halogens is 1. The summed E-state index contributed by atoms with van der Waals surface area (Å²) in [5.41, 5.74) is 1.42. The molecule has 0 saturated heterocycles. The molecule has 0 aliphatic carbocycles. The number of guanidine groups is 1. The molecule has 0 aliphatic heterocycles. The summed E-state index contributed by atoms with van der Waals surface area (Å²) in [4.78, 5) is 16.3. The van der Waals surface area contributed by atoms with Crippen LogP contribution >= 0.6 is 24.0 Å². The largest absolute Gasteiger partial charge is 0.357 e. The van der Waals surface area contributed by atoms with E-state index in [4.69, 9.17) is 0 Å². The Kier molecular flexibility index (Phi) is 12.3. The van der Waals surface area contributed by atoms with Gasteiger partial charge in [-0.3, -0.25) is 9.79 Å². The van der Waals surface area contributed by atoms with Crippen LogP contribution in [0.25, 0.3) is 0 Å². The molecule has 0 atom stereocenters. The molecule has 0 fully saturated rings. The van der Waals surface area contributed by atoms with E-state index < -0.39 is 0 Å². The molecule has 0 aliphatic rings.